The monoisotopic (exact) mass is 487 g/mol. The molecule has 11 heteroatoms. The van der Waals surface area contributed by atoms with Gasteiger partial charge in [0, 0.05) is 39.7 Å². The van der Waals surface area contributed by atoms with Gasteiger partial charge in [0.15, 0.2) is 5.60 Å². The fraction of sp³-hybridized carbons (Fsp3) is 0.167. The van der Waals surface area contributed by atoms with E-state index in [0.717, 1.165) is 27.0 Å². The zero-order valence-electron chi connectivity index (χ0n) is 18.4. The summed E-state index contributed by atoms with van der Waals surface area (Å²) >= 11 is 6.29. The Morgan fingerprint density at radius 1 is 1.14 bits per heavy atom. The topological polar surface area (TPSA) is 139 Å². The summed E-state index contributed by atoms with van der Waals surface area (Å²) < 4.78 is 2.52. The molecule has 1 atom stereocenters. The molecule has 1 unspecified atom stereocenters. The number of aliphatic imine (C=N–C) groups is 1. The second-order valence-corrected chi connectivity index (χ2v) is 9.04. The van der Waals surface area contributed by atoms with Crippen LogP contribution in [0.4, 0.5) is 5.82 Å². The lowest BCUT2D eigenvalue weighted by atomic mass is 9.89. The Morgan fingerprint density at radius 3 is 2.80 bits per heavy atom. The highest BCUT2D eigenvalue weighted by molar-refractivity contribution is 6.31. The van der Waals surface area contributed by atoms with Gasteiger partial charge in [-0.3, -0.25) is 10.2 Å². The fourth-order valence-corrected chi connectivity index (χ4v) is 4.98. The summed E-state index contributed by atoms with van der Waals surface area (Å²) in [7, 11) is 0. The number of halogens is 1. The highest BCUT2D eigenvalue weighted by atomic mass is 35.5. The van der Waals surface area contributed by atoms with E-state index in [9.17, 15) is 10.3 Å². The van der Waals surface area contributed by atoms with Crippen molar-refractivity contribution in [3.8, 4) is 16.8 Å². The van der Waals surface area contributed by atoms with Crippen LogP contribution < -0.4 is 10.5 Å². The third-order valence-electron chi connectivity index (χ3n) is 6.51. The number of hydrogen-bond donors (Lipinski definition) is 3. The lowest BCUT2D eigenvalue weighted by Gasteiger charge is -2.20. The molecule has 1 aromatic carbocycles. The number of allylic oxidation sites excluding steroid dienone is 1. The minimum atomic E-state index is -1.39. The van der Waals surface area contributed by atoms with E-state index >= 15 is 0 Å². The van der Waals surface area contributed by atoms with Crippen LogP contribution >= 0.6 is 11.6 Å². The maximum atomic E-state index is 11.7. The van der Waals surface area contributed by atoms with Gasteiger partial charge in [-0.1, -0.05) is 11.6 Å². The molecule has 4 N–H and O–H groups in total. The third kappa shape index (κ3) is 3.54. The van der Waals surface area contributed by atoms with Gasteiger partial charge < -0.3 is 10.8 Å². The van der Waals surface area contributed by atoms with Crippen LogP contribution in [-0.2, 0) is 12.0 Å². The van der Waals surface area contributed by atoms with Crippen molar-refractivity contribution in [3.63, 3.8) is 0 Å². The summed E-state index contributed by atoms with van der Waals surface area (Å²) in [5.41, 5.74) is 10.1. The highest BCUT2D eigenvalue weighted by Gasteiger charge is 2.51. The second kappa shape index (κ2) is 7.97. The van der Waals surface area contributed by atoms with Crippen molar-refractivity contribution in [1.29, 1.82) is 0 Å². The molecular weight excluding hydrogens is 468 g/mol. The Balaban J connectivity index is 1.36. The first-order chi connectivity index (χ1) is 16.9. The van der Waals surface area contributed by atoms with Crippen LogP contribution in [0, 0.1) is 0 Å². The van der Waals surface area contributed by atoms with Crippen LogP contribution in [0.15, 0.2) is 66.3 Å². The normalized spacial score (nSPS) is 18.9. The van der Waals surface area contributed by atoms with Gasteiger partial charge in [0.25, 0.3) is 5.69 Å². The van der Waals surface area contributed by atoms with Gasteiger partial charge in [0.1, 0.15) is 12.1 Å². The molecule has 0 spiro atoms. The van der Waals surface area contributed by atoms with Crippen molar-refractivity contribution in [2.45, 2.75) is 24.9 Å². The zero-order chi connectivity index (χ0) is 24.2. The number of rotatable bonds is 4. The van der Waals surface area contributed by atoms with Crippen LogP contribution in [0.5, 0.6) is 0 Å². The Kier molecular flexibility index (Phi) is 4.87. The number of hydrogen-bond acceptors (Lipinski definition) is 8. The molecule has 1 aliphatic heterocycles. The number of benzene rings is 1. The van der Waals surface area contributed by atoms with E-state index in [1.165, 1.54) is 11.0 Å². The van der Waals surface area contributed by atoms with Crippen molar-refractivity contribution in [3.05, 3.63) is 83.2 Å². The molecule has 10 nitrogen and oxygen atoms in total. The van der Waals surface area contributed by atoms with E-state index in [2.05, 4.69) is 25.5 Å². The molecule has 1 aliphatic carbocycles. The van der Waals surface area contributed by atoms with E-state index in [0.29, 0.717) is 52.8 Å². The van der Waals surface area contributed by atoms with Gasteiger partial charge in [-0.2, -0.15) is 4.68 Å². The number of fused-ring (bicyclic) bond motifs is 1. The van der Waals surface area contributed by atoms with Gasteiger partial charge in [-0.05, 0) is 70.8 Å². The van der Waals surface area contributed by atoms with Crippen molar-refractivity contribution in [1.82, 2.24) is 25.2 Å². The summed E-state index contributed by atoms with van der Waals surface area (Å²) in [5, 5.41) is 34.7. The van der Waals surface area contributed by atoms with Gasteiger partial charge >= 0.3 is 0 Å². The Labute approximate surface area is 204 Å². The van der Waals surface area contributed by atoms with Crippen molar-refractivity contribution >= 4 is 28.7 Å². The third-order valence-corrected chi connectivity index (χ3v) is 6.74. The van der Waals surface area contributed by atoms with Crippen molar-refractivity contribution < 1.29 is 15.0 Å². The van der Waals surface area contributed by atoms with E-state index in [-0.39, 0.29) is 0 Å². The minimum Gasteiger partial charge on any atom is -0.384 e. The molecule has 0 fully saturated rings. The summed E-state index contributed by atoms with van der Waals surface area (Å²) in [6.07, 6.45) is 7.89. The predicted octanol–water partition coefficient (Wildman–Crippen LogP) is 2.50. The average molecular weight is 488 g/mol. The quantitative estimate of drug-likeness (QED) is 0.297. The molecule has 4 aromatic rings. The van der Waals surface area contributed by atoms with Gasteiger partial charge in [0.05, 0.1) is 17.0 Å². The summed E-state index contributed by atoms with van der Waals surface area (Å²) in [6.45, 7) is 0. The lowest BCUT2D eigenvalue weighted by Crippen LogP contribution is -2.46. The number of anilines is 1. The first-order valence-electron chi connectivity index (χ1n) is 10.9. The Morgan fingerprint density at radius 2 is 2.03 bits per heavy atom. The number of pyridine rings is 2. The van der Waals surface area contributed by atoms with E-state index in [4.69, 9.17) is 17.3 Å². The zero-order valence-corrected chi connectivity index (χ0v) is 19.1. The van der Waals surface area contributed by atoms with Crippen LogP contribution in [0.1, 0.15) is 29.7 Å². The first kappa shape index (κ1) is 21.4. The Bertz CT molecular complexity index is 1520. The van der Waals surface area contributed by atoms with Crippen LogP contribution in [0.25, 0.3) is 22.4 Å². The summed E-state index contributed by atoms with van der Waals surface area (Å²) in [4.78, 5) is 8.67. The molecule has 0 saturated heterocycles. The van der Waals surface area contributed by atoms with Crippen molar-refractivity contribution in [2.24, 2.45) is 4.99 Å². The largest absolute Gasteiger partial charge is 0.384 e. The lowest BCUT2D eigenvalue weighted by molar-refractivity contribution is -0.911. The van der Waals surface area contributed by atoms with Crippen LogP contribution in [-0.4, -0.2) is 41.2 Å². The molecule has 0 radical (unpaired) electrons. The van der Waals surface area contributed by atoms with E-state index < -0.39 is 5.60 Å². The van der Waals surface area contributed by atoms with Gasteiger partial charge in [0.2, 0.25) is 6.20 Å². The van der Waals surface area contributed by atoms with E-state index in [1.54, 1.807) is 36.8 Å². The van der Waals surface area contributed by atoms with Crippen LogP contribution in [0.2, 0.25) is 5.02 Å². The molecule has 3 aromatic heterocycles. The molecule has 4 heterocycles. The molecule has 35 heavy (non-hydrogen) atoms. The number of nitrogens with zero attached hydrogens (tertiary/aromatic N) is 7. The average Bonchev–Trinajstić information content (AvgIpc) is 3.61. The highest BCUT2D eigenvalue weighted by Crippen LogP contribution is 2.42. The first-order valence-corrected chi connectivity index (χ1v) is 11.3. The van der Waals surface area contributed by atoms with Crippen molar-refractivity contribution in [2.75, 3.05) is 5.73 Å². The minimum absolute atomic E-state index is 0.404. The molecular formula is C24H20ClN8O2+. The molecule has 0 bridgehead atoms. The number of aliphatic hydroxyl groups is 1. The molecule has 0 saturated carbocycles. The summed E-state index contributed by atoms with van der Waals surface area (Å²) in [5.74, 6) is 0.442. The molecule has 174 valence electrons. The SMILES string of the molecule is Nc1ccc(C2=CN=C(C3(O)CCc4cc(-c5cc(Cl)ccc5-n5cnnn5)c[n+](O)c43)C2)cn1. The number of tetrazole rings is 1. The standard InChI is InChI=1S/C24H20ClN8O2/c25-18-2-3-20(32-13-29-30-31-32)19(9-18)17-7-14-5-6-24(34,23(14)33(35)12-17)21-8-16(11-27-21)15-1-4-22(26)28-10-15/h1-4,7,9-13,34-35H,5-6,8H2,(H2,26,28)/q+1. The van der Waals surface area contributed by atoms with E-state index in [1.807, 2.05) is 18.2 Å². The number of nitrogen functional groups attached to an aromatic ring is 1. The number of nitrogens with two attached hydrogens (primary N) is 1. The Hall–Kier alpha value is -4.15. The molecule has 6 rings (SSSR count). The van der Waals surface area contributed by atoms with Gasteiger partial charge in [-0.15, -0.1) is 5.10 Å². The molecule has 0 amide bonds. The maximum absolute atomic E-state index is 11.7. The van der Waals surface area contributed by atoms with Crippen LogP contribution in [0.3, 0.4) is 0 Å². The number of aryl methyl sites for hydroxylation is 1. The maximum Gasteiger partial charge on any atom is 0.274 e. The number of aromatic nitrogens is 6. The van der Waals surface area contributed by atoms with Gasteiger partial charge in [-0.25, -0.2) is 4.98 Å². The predicted molar refractivity (Wildman–Crippen MR) is 128 cm³/mol. The molecule has 2 aliphatic rings. The summed E-state index contributed by atoms with van der Waals surface area (Å²) in [6, 6.07) is 10.9. The second-order valence-electron chi connectivity index (χ2n) is 8.60. The fourth-order valence-electron chi connectivity index (χ4n) is 4.81. The smallest absolute Gasteiger partial charge is 0.274 e.